The molecule has 124 valence electrons. The average molecular weight is 342 g/mol. The van der Waals surface area contributed by atoms with Crippen LogP contribution < -0.4 is 10.1 Å². The third-order valence-electron chi connectivity index (χ3n) is 3.42. The molecule has 0 radical (unpaired) electrons. The van der Waals surface area contributed by atoms with E-state index in [4.69, 9.17) is 9.47 Å². The zero-order chi connectivity index (χ0) is 16.9. The highest BCUT2D eigenvalue weighted by Crippen LogP contribution is 2.29. The molecule has 0 atom stereocenters. The number of hydrogen-bond donors (Lipinski definition) is 1. The van der Waals surface area contributed by atoms with Gasteiger partial charge in [-0.05, 0) is 42.8 Å². The molecule has 1 N–H and O–H groups in total. The maximum absolute atomic E-state index is 12.3. The van der Waals surface area contributed by atoms with Gasteiger partial charge < -0.3 is 9.47 Å². The lowest BCUT2D eigenvalue weighted by Crippen LogP contribution is -2.11. The topological polar surface area (TPSA) is 60.5 Å². The lowest BCUT2D eigenvalue weighted by atomic mass is 10.1. The molecular formula is C18H18N2O3S. The van der Waals surface area contributed by atoms with E-state index in [-0.39, 0.29) is 5.91 Å². The molecule has 3 aromatic rings. The van der Waals surface area contributed by atoms with Crippen LogP contribution in [0.25, 0.3) is 10.2 Å². The van der Waals surface area contributed by atoms with Crippen LogP contribution in [0.2, 0.25) is 0 Å². The Hall–Kier alpha value is -2.44. The lowest BCUT2D eigenvalue weighted by Gasteiger charge is -2.03. The molecule has 0 aliphatic heterocycles. The van der Waals surface area contributed by atoms with Crippen molar-refractivity contribution in [2.45, 2.75) is 13.5 Å². The van der Waals surface area contributed by atoms with Gasteiger partial charge in [0.2, 0.25) is 0 Å². The number of carbonyl (C=O) groups is 1. The van der Waals surface area contributed by atoms with Gasteiger partial charge >= 0.3 is 0 Å². The first kappa shape index (κ1) is 16.4. The van der Waals surface area contributed by atoms with Gasteiger partial charge in [-0.2, -0.15) is 0 Å². The number of methoxy groups -OCH3 is 1. The van der Waals surface area contributed by atoms with Gasteiger partial charge in [0.15, 0.2) is 5.13 Å². The van der Waals surface area contributed by atoms with E-state index in [1.54, 1.807) is 19.2 Å². The smallest absolute Gasteiger partial charge is 0.257 e. The summed E-state index contributed by atoms with van der Waals surface area (Å²) in [6.45, 7) is 3.09. The van der Waals surface area contributed by atoms with Crippen LogP contribution in [-0.4, -0.2) is 24.6 Å². The van der Waals surface area contributed by atoms with Gasteiger partial charge in [-0.25, -0.2) is 4.98 Å². The number of benzene rings is 2. The van der Waals surface area contributed by atoms with Crippen molar-refractivity contribution in [3.8, 4) is 5.75 Å². The number of fused-ring (bicyclic) bond motifs is 1. The third-order valence-corrected chi connectivity index (χ3v) is 4.35. The number of carbonyl (C=O) groups excluding carboxylic acids is 1. The largest absolute Gasteiger partial charge is 0.494 e. The highest BCUT2D eigenvalue weighted by Gasteiger charge is 2.10. The van der Waals surface area contributed by atoms with E-state index in [1.165, 1.54) is 11.3 Å². The molecule has 0 unspecified atom stereocenters. The van der Waals surface area contributed by atoms with E-state index in [1.807, 2.05) is 37.3 Å². The zero-order valence-electron chi connectivity index (χ0n) is 13.5. The van der Waals surface area contributed by atoms with Gasteiger partial charge in [-0.1, -0.05) is 23.5 Å². The number of thiazole rings is 1. The van der Waals surface area contributed by atoms with Gasteiger partial charge in [0, 0.05) is 12.7 Å². The number of nitrogens with zero attached hydrogens (tertiary/aromatic N) is 1. The van der Waals surface area contributed by atoms with Crippen molar-refractivity contribution < 1.29 is 14.3 Å². The molecular weight excluding hydrogens is 324 g/mol. The highest BCUT2D eigenvalue weighted by molar-refractivity contribution is 7.22. The van der Waals surface area contributed by atoms with Crippen molar-refractivity contribution in [1.29, 1.82) is 0 Å². The molecule has 0 aliphatic carbocycles. The first-order valence-corrected chi connectivity index (χ1v) is 8.44. The molecule has 6 heteroatoms. The number of amides is 1. The summed E-state index contributed by atoms with van der Waals surface area (Å²) in [5, 5.41) is 3.42. The molecule has 0 aliphatic rings. The van der Waals surface area contributed by atoms with E-state index in [0.717, 1.165) is 21.5 Å². The van der Waals surface area contributed by atoms with Crippen molar-refractivity contribution in [2.75, 3.05) is 19.0 Å². The maximum Gasteiger partial charge on any atom is 0.257 e. The fourth-order valence-corrected chi connectivity index (χ4v) is 3.19. The van der Waals surface area contributed by atoms with E-state index >= 15 is 0 Å². The minimum atomic E-state index is -0.178. The summed E-state index contributed by atoms with van der Waals surface area (Å²) in [7, 11) is 1.64. The standard InChI is InChI=1S/C18H18N2O3S/c1-3-23-14-8-9-15-16(10-14)24-18(19-15)20-17(21)13-6-4-12(5-7-13)11-22-2/h4-10H,3,11H2,1-2H3,(H,19,20,21). The Balaban J connectivity index is 1.74. The number of aromatic nitrogens is 1. The first-order valence-electron chi connectivity index (χ1n) is 7.62. The lowest BCUT2D eigenvalue weighted by molar-refractivity contribution is 0.102. The molecule has 3 rings (SSSR count). The van der Waals surface area contributed by atoms with Gasteiger partial charge in [-0.15, -0.1) is 0 Å². The summed E-state index contributed by atoms with van der Waals surface area (Å²) in [6.07, 6.45) is 0. The quantitative estimate of drug-likeness (QED) is 0.733. The van der Waals surface area contributed by atoms with Crippen LogP contribution in [0.5, 0.6) is 5.75 Å². The zero-order valence-corrected chi connectivity index (χ0v) is 14.4. The third kappa shape index (κ3) is 3.72. The summed E-state index contributed by atoms with van der Waals surface area (Å²) >= 11 is 1.43. The normalized spacial score (nSPS) is 10.8. The van der Waals surface area contributed by atoms with E-state index in [2.05, 4.69) is 10.3 Å². The highest BCUT2D eigenvalue weighted by atomic mass is 32.1. The molecule has 2 aromatic carbocycles. The Kier molecular flexibility index (Phi) is 5.08. The van der Waals surface area contributed by atoms with Crippen molar-refractivity contribution in [1.82, 2.24) is 4.98 Å². The van der Waals surface area contributed by atoms with Gasteiger partial charge in [0.25, 0.3) is 5.91 Å². The minimum Gasteiger partial charge on any atom is -0.494 e. The van der Waals surface area contributed by atoms with Crippen LogP contribution in [-0.2, 0) is 11.3 Å². The van der Waals surface area contributed by atoms with Crippen LogP contribution >= 0.6 is 11.3 Å². The van der Waals surface area contributed by atoms with Crippen molar-refractivity contribution in [3.63, 3.8) is 0 Å². The second kappa shape index (κ2) is 7.42. The predicted octanol–water partition coefficient (Wildman–Crippen LogP) is 4.09. The van der Waals surface area contributed by atoms with E-state index < -0.39 is 0 Å². The molecule has 0 bridgehead atoms. The Morgan fingerprint density at radius 3 is 2.71 bits per heavy atom. The van der Waals surface area contributed by atoms with Crippen LogP contribution in [0.4, 0.5) is 5.13 Å². The molecule has 0 spiro atoms. The minimum absolute atomic E-state index is 0.178. The molecule has 1 amide bonds. The maximum atomic E-state index is 12.3. The molecule has 24 heavy (non-hydrogen) atoms. The summed E-state index contributed by atoms with van der Waals surface area (Å²) in [6, 6.07) is 13.0. The number of nitrogens with one attached hydrogen (secondary N) is 1. The summed E-state index contributed by atoms with van der Waals surface area (Å²) in [5.74, 6) is 0.628. The Morgan fingerprint density at radius 1 is 1.21 bits per heavy atom. The fourth-order valence-electron chi connectivity index (χ4n) is 2.30. The Morgan fingerprint density at radius 2 is 2.00 bits per heavy atom. The van der Waals surface area contributed by atoms with Crippen LogP contribution in [0, 0.1) is 0 Å². The predicted molar refractivity (Wildman–Crippen MR) is 95.9 cm³/mol. The summed E-state index contributed by atoms with van der Waals surface area (Å²) in [5.41, 5.74) is 2.45. The molecule has 0 saturated carbocycles. The Bertz CT molecular complexity index is 843. The number of anilines is 1. The van der Waals surface area contributed by atoms with Crippen molar-refractivity contribution >= 4 is 32.6 Å². The summed E-state index contributed by atoms with van der Waals surface area (Å²) < 4.78 is 11.5. The number of ether oxygens (including phenoxy) is 2. The fraction of sp³-hybridized carbons (Fsp3) is 0.222. The number of rotatable bonds is 6. The van der Waals surface area contributed by atoms with Gasteiger partial charge in [0.05, 0.1) is 23.4 Å². The average Bonchev–Trinajstić information content (AvgIpc) is 2.97. The van der Waals surface area contributed by atoms with Crippen molar-refractivity contribution in [2.24, 2.45) is 0 Å². The van der Waals surface area contributed by atoms with Gasteiger partial charge in [-0.3, -0.25) is 10.1 Å². The molecule has 1 heterocycles. The Labute approximate surface area is 144 Å². The van der Waals surface area contributed by atoms with Crippen LogP contribution in [0.3, 0.4) is 0 Å². The second-order valence-corrected chi connectivity index (χ2v) is 6.20. The first-order chi connectivity index (χ1) is 11.7. The van der Waals surface area contributed by atoms with E-state index in [0.29, 0.717) is 23.9 Å². The van der Waals surface area contributed by atoms with Crippen molar-refractivity contribution in [3.05, 3.63) is 53.6 Å². The van der Waals surface area contributed by atoms with Gasteiger partial charge in [0.1, 0.15) is 5.75 Å². The molecule has 0 saturated heterocycles. The van der Waals surface area contributed by atoms with E-state index in [9.17, 15) is 4.79 Å². The van der Waals surface area contributed by atoms with Crippen LogP contribution in [0.15, 0.2) is 42.5 Å². The molecule has 1 aromatic heterocycles. The SMILES string of the molecule is CCOc1ccc2nc(NC(=O)c3ccc(COC)cc3)sc2c1. The second-order valence-electron chi connectivity index (χ2n) is 5.17. The monoisotopic (exact) mass is 342 g/mol. The molecule has 0 fully saturated rings. The summed E-state index contributed by atoms with van der Waals surface area (Å²) in [4.78, 5) is 16.8. The number of hydrogen-bond acceptors (Lipinski definition) is 5. The van der Waals surface area contributed by atoms with Crippen LogP contribution in [0.1, 0.15) is 22.8 Å². The molecule has 5 nitrogen and oxygen atoms in total.